The van der Waals surface area contributed by atoms with Crippen LogP contribution in [0.25, 0.3) is 11.2 Å². The van der Waals surface area contributed by atoms with Gasteiger partial charge in [0.2, 0.25) is 5.95 Å². The van der Waals surface area contributed by atoms with Crippen molar-refractivity contribution in [1.82, 2.24) is 24.8 Å². The third-order valence-corrected chi connectivity index (χ3v) is 5.16. The molecule has 33 heavy (non-hydrogen) atoms. The number of phosphoric ester groups is 1. The molecule has 0 radical (unpaired) electrons. The Morgan fingerprint density at radius 3 is 2.67 bits per heavy atom. The van der Waals surface area contributed by atoms with Crippen LogP contribution in [0.4, 0.5) is 5.95 Å². The molecule has 18 heteroatoms. The first-order valence-corrected chi connectivity index (χ1v) is 11.0. The molecule has 2 aliphatic rings. The molecule has 4 heterocycles. The van der Waals surface area contributed by atoms with Crippen LogP contribution in [-0.2, 0) is 23.4 Å². The molecule has 2 aliphatic heterocycles. The predicted octanol–water partition coefficient (Wildman–Crippen LogP) is -3.51. The molecule has 2 fully saturated rings. The molecule has 9 N–H and O–H groups in total. The van der Waals surface area contributed by atoms with E-state index in [1.54, 1.807) is 0 Å². The SMILES string of the molecule is Nc1nc2c(ncn2[C@@H]2O[C@H](COP(=O)(O)O)[C@@H](O)[C@H]2O)c(=O)[nH]1.O=C(O)C1CNCCO1. The van der Waals surface area contributed by atoms with E-state index in [0.29, 0.717) is 13.2 Å². The Morgan fingerprint density at radius 1 is 1.36 bits per heavy atom. The number of aliphatic carboxylic acids is 1. The number of aromatic amines is 1. The number of nitrogens with zero attached hydrogens (tertiary/aromatic N) is 3. The van der Waals surface area contributed by atoms with Gasteiger partial charge >= 0.3 is 13.8 Å². The van der Waals surface area contributed by atoms with E-state index >= 15 is 0 Å². The Kier molecular flexibility index (Phi) is 7.78. The van der Waals surface area contributed by atoms with Crippen LogP contribution >= 0.6 is 7.82 Å². The lowest BCUT2D eigenvalue weighted by Crippen LogP contribution is -2.42. The molecule has 2 aromatic heterocycles. The van der Waals surface area contributed by atoms with E-state index in [2.05, 4.69) is 24.8 Å². The number of imidazole rings is 1. The maximum atomic E-state index is 11.7. The summed E-state index contributed by atoms with van der Waals surface area (Å²) >= 11 is 0. The lowest BCUT2D eigenvalue weighted by Gasteiger charge is -2.19. The quantitative estimate of drug-likeness (QED) is 0.187. The van der Waals surface area contributed by atoms with Crippen molar-refractivity contribution in [3.05, 3.63) is 16.7 Å². The van der Waals surface area contributed by atoms with Gasteiger partial charge in [0.05, 0.1) is 19.5 Å². The summed E-state index contributed by atoms with van der Waals surface area (Å²) in [6.07, 6.45) is -4.86. The van der Waals surface area contributed by atoms with Crippen LogP contribution in [0.5, 0.6) is 0 Å². The average molecular weight is 494 g/mol. The summed E-state index contributed by atoms with van der Waals surface area (Å²) in [7, 11) is -4.76. The Bertz CT molecular complexity index is 1080. The molecule has 0 bridgehead atoms. The maximum Gasteiger partial charge on any atom is 0.469 e. The number of ether oxygens (including phenoxy) is 2. The molecule has 2 aromatic rings. The van der Waals surface area contributed by atoms with Gasteiger partial charge in [-0.05, 0) is 0 Å². The molecule has 0 amide bonds. The van der Waals surface area contributed by atoms with Gasteiger partial charge in [-0.25, -0.2) is 14.3 Å². The minimum Gasteiger partial charge on any atom is -0.479 e. The number of carboxylic acids is 1. The van der Waals surface area contributed by atoms with Crippen molar-refractivity contribution < 1.29 is 48.5 Å². The Balaban J connectivity index is 0.000000286. The van der Waals surface area contributed by atoms with Crippen LogP contribution in [0.15, 0.2) is 11.1 Å². The van der Waals surface area contributed by atoms with Gasteiger partial charge in [-0.2, -0.15) is 4.98 Å². The molecule has 5 atom stereocenters. The van der Waals surface area contributed by atoms with Crippen molar-refractivity contribution in [3.63, 3.8) is 0 Å². The highest BCUT2D eigenvalue weighted by Crippen LogP contribution is 2.38. The molecule has 0 spiro atoms. The van der Waals surface area contributed by atoms with E-state index in [4.69, 9.17) is 30.1 Å². The van der Waals surface area contributed by atoms with E-state index in [9.17, 15) is 24.4 Å². The van der Waals surface area contributed by atoms with Gasteiger partial charge in [0.1, 0.15) is 18.3 Å². The molecule has 0 aliphatic carbocycles. The van der Waals surface area contributed by atoms with Gasteiger partial charge in [0.25, 0.3) is 5.56 Å². The Morgan fingerprint density at radius 2 is 2.09 bits per heavy atom. The average Bonchev–Trinajstić information content (AvgIpc) is 3.28. The number of aromatic nitrogens is 4. The summed E-state index contributed by atoms with van der Waals surface area (Å²) in [5.41, 5.74) is 4.84. The van der Waals surface area contributed by atoms with Crippen LogP contribution in [-0.4, -0.2) is 101 Å². The summed E-state index contributed by atoms with van der Waals surface area (Å²) in [6.45, 7) is 1.03. The number of nitrogen functional groups attached to an aromatic ring is 1. The number of H-pyrrole nitrogens is 1. The van der Waals surface area contributed by atoms with E-state index in [1.165, 1.54) is 10.9 Å². The number of anilines is 1. The number of hydrogen-bond acceptors (Lipinski definition) is 12. The normalized spacial score (nSPS) is 27.8. The summed E-state index contributed by atoms with van der Waals surface area (Å²) in [5, 5.41) is 31.3. The number of phosphoric acid groups is 1. The van der Waals surface area contributed by atoms with Crippen LogP contribution in [0.2, 0.25) is 0 Å². The van der Waals surface area contributed by atoms with Gasteiger partial charge in [-0.1, -0.05) is 0 Å². The molecular formula is C15H23N6O11P. The molecule has 2 saturated heterocycles. The van der Waals surface area contributed by atoms with Crippen LogP contribution in [0.3, 0.4) is 0 Å². The standard InChI is InChI=1S/C10H14N5O8P.C5H9NO3/c11-10-13-7-4(8(18)14-10)12-2-15(7)9-6(17)5(16)3(23-9)1-22-24(19,20)21;7-5(8)4-3-6-1-2-9-4/h2-3,5-6,9,16-17H,1H2,(H2,19,20,21)(H3,11,13,14,18);4,6H,1-3H2,(H,7,8)/t3-,5-,6-,9-;/m1./s1. The molecule has 4 rings (SSSR count). The summed E-state index contributed by atoms with van der Waals surface area (Å²) in [5.74, 6) is -1.06. The van der Waals surface area contributed by atoms with Crippen molar-refractivity contribution in [1.29, 1.82) is 0 Å². The fourth-order valence-corrected chi connectivity index (χ4v) is 3.46. The van der Waals surface area contributed by atoms with E-state index in [1.807, 2.05) is 0 Å². The number of rotatable bonds is 5. The second-order valence-corrected chi connectivity index (χ2v) is 8.25. The number of nitrogens with two attached hydrogens (primary N) is 1. The first kappa shape index (κ1) is 25.2. The first-order chi connectivity index (χ1) is 15.5. The zero-order chi connectivity index (χ0) is 24.3. The third kappa shape index (κ3) is 6.11. The fourth-order valence-electron chi connectivity index (χ4n) is 3.12. The predicted molar refractivity (Wildman–Crippen MR) is 107 cm³/mol. The smallest absolute Gasteiger partial charge is 0.469 e. The monoisotopic (exact) mass is 494 g/mol. The number of nitrogens with one attached hydrogen (secondary N) is 2. The fraction of sp³-hybridized carbons (Fsp3) is 0.600. The van der Waals surface area contributed by atoms with Crippen molar-refractivity contribution >= 4 is 30.9 Å². The van der Waals surface area contributed by atoms with Gasteiger partial charge in [-0.3, -0.25) is 18.9 Å². The molecule has 0 aromatic carbocycles. The van der Waals surface area contributed by atoms with E-state index in [-0.39, 0.29) is 17.1 Å². The number of fused-ring (bicyclic) bond motifs is 1. The molecular weight excluding hydrogens is 471 g/mol. The molecule has 17 nitrogen and oxygen atoms in total. The van der Waals surface area contributed by atoms with E-state index in [0.717, 1.165) is 6.54 Å². The largest absolute Gasteiger partial charge is 0.479 e. The van der Waals surface area contributed by atoms with E-state index < -0.39 is 56.6 Å². The van der Waals surface area contributed by atoms with Gasteiger partial charge in [0.15, 0.2) is 23.5 Å². The van der Waals surface area contributed by atoms with Crippen molar-refractivity contribution in [3.8, 4) is 0 Å². The van der Waals surface area contributed by atoms with Gasteiger partial charge in [0, 0.05) is 13.1 Å². The maximum absolute atomic E-state index is 11.7. The van der Waals surface area contributed by atoms with Crippen LogP contribution in [0, 0.1) is 0 Å². The zero-order valence-corrected chi connectivity index (χ0v) is 17.7. The van der Waals surface area contributed by atoms with Gasteiger partial charge < -0.3 is 45.6 Å². The van der Waals surface area contributed by atoms with Crippen molar-refractivity contribution in [2.45, 2.75) is 30.6 Å². The minimum absolute atomic E-state index is 0.0176. The summed E-state index contributed by atoms with van der Waals surface area (Å²) < 4.78 is 26.4. The van der Waals surface area contributed by atoms with Gasteiger partial charge in [-0.15, -0.1) is 0 Å². The number of carboxylic acid groups (broad SMARTS) is 1. The second-order valence-electron chi connectivity index (χ2n) is 7.01. The van der Waals surface area contributed by atoms with Crippen molar-refractivity contribution in [2.75, 3.05) is 32.0 Å². The number of aliphatic hydroxyl groups excluding tert-OH is 2. The lowest BCUT2D eigenvalue weighted by atomic mass is 10.1. The Hall–Kier alpha value is -2.47. The highest BCUT2D eigenvalue weighted by atomic mass is 31.2. The number of carbonyl (C=O) groups is 1. The van der Waals surface area contributed by atoms with Crippen molar-refractivity contribution in [2.24, 2.45) is 0 Å². The number of hydrogen-bond donors (Lipinski definition) is 8. The lowest BCUT2D eigenvalue weighted by molar-refractivity contribution is -0.151. The molecule has 0 saturated carbocycles. The minimum atomic E-state index is -4.76. The topological polar surface area (TPSA) is 265 Å². The van der Waals surface area contributed by atoms with Crippen LogP contribution < -0.4 is 16.6 Å². The third-order valence-electron chi connectivity index (χ3n) is 4.67. The highest BCUT2D eigenvalue weighted by Gasteiger charge is 2.45. The highest BCUT2D eigenvalue weighted by molar-refractivity contribution is 7.46. The number of aliphatic hydroxyl groups is 2. The Labute approximate surface area is 184 Å². The number of morpholine rings is 1. The van der Waals surface area contributed by atoms with Crippen LogP contribution in [0.1, 0.15) is 6.23 Å². The molecule has 1 unspecified atom stereocenters. The first-order valence-electron chi connectivity index (χ1n) is 9.47. The summed E-state index contributed by atoms with van der Waals surface area (Å²) in [4.78, 5) is 49.3. The second kappa shape index (κ2) is 10.2. The molecule has 184 valence electrons. The zero-order valence-electron chi connectivity index (χ0n) is 16.8. The summed E-state index contributed by atoms with van der Waals surface area (Å²) in [6, 6.07) is 0.